The lowest BCUT2D eigenvalue weighted by molar-refractivity contribution is -0.138. The first kappa shape index (κ1) is 16.4. The van der Waals surface area contributed by atoms with Crippen molar-refractivity contribution in [2.24, 2.45) is 0 Å². The van der Waals surface area contributed by atoms with Gasteiger partial charge >= 0.3 is 6.03 Å². The minimum absolute atomic E-state index is 0.00853. The van der Waals surface area contributed by atoms with Crippen LogP contribution >= 0.6 is 0 Å². The topological polar surface area (TPSA) is 121 Å². The summed E-state index contributed by atoms with van der Waals surface area (Å²) < 4.78 is 1.81. The highest BCUT2D eigenvalue weighted by molar-refractivity contribution is 6.07. The van der Waals surface area contributed by atoms with Gasteiger partial charge in [0.05, 0.1) is 13.1 Å². The molecule has 3 N–H and O–H groups in total. The van der Waals surface area contributed by atoms with Crippen LogP contribution in [0.15, 0.2) is 6.33 Å². The molecule has 4 amide bonds. The first-order valence-electron chi connectivity index (χ1n) is 7.99. The predicted molar refractivity (Wildman–Crippen MR) is 82.4 cm³/mol. The molecule has 0 radical (unpaired) electrons. The molecule has 0 aliphatic carbocycles. The number of carbonyl (C=O) groups is 3. The van der Waals surface area contributed by atoms with Crippen LogP contribution in [-0.2, 0) is 22.6 Å². The van der Waals surface area contributed by atoms with E-state index in [0.717, 1.165) is 23.7 Å². The van der Waals surface area contributed by atoms with E-state index in [1.54, 1.807) is 13.8 Å². The summed E-state index contributed by atoms with van der Waals surface area (Å²) in [6, 6.07) is -0.517. The molecule has 1 saturated heterocycles. The highest BCUT2D eigenvalue weighted by atomic mass is 16.2. The maximum atomic E-state index is 12.2. The van der Waals surface area contributed by atoms with Gasteiger partial charge in [0.2, 0.25) is 0 Å². The van der Waals surface area contributed by atoms with Crippen molar-refractivity contribution in [2.45, 2.75) is 51.2 Å². The van der Waals surface area contributed by atoms with Crippen molar-refractivity contribution in [2.75, 3.05) is 6.54 Å². The molecule has 0 bridgehead atoms. The lowest BCUT2D eigenvalue weighted by atomic mass is 10.00. The van der Waals surface area contributed by atoms with Crippen molar-refractivity contribution < 1.29 is 14.4 Å². The number of urea groups is 1. The van der Waals surface area contributed by atoms with Gasteiger partial charge < -0.3 is 10.6 Å². The van der Waals surface area contributed by atoms with E-state index in [1.807, 2.05) is 4.68 Å². The van der Waals surface area contributed by atoms with Crippen LogP contribution in [-0.4, -0.2) is 55.7 Å². The molecule has 0 spiro atoms. The van der Waals surface area contributed by atoms with Gasteiger partial charge in [0, 0.05) is 12.5 Å². The van der Waals surface area contributed by atoms with E-state index in [1.165, 1.54) is 6.33 Å². The van der Waals surface area contributed by atoms with Gasteiger partial charge in [-0.05, 0) is 19.8 Å². The Morgan fingerprint density at radius 3 is 3.00 bits per heavy atom. The van der Waals surface area contributed by atoms with Crippen LogP contribution in [0.25, 0.3) is 0 Å². The number of nitrogens with one attached hydrogen (secondary N) is 3. The molecule has 0 saturated carbocycles. The standard InChI is InChI=1S/C14H21N7O3/c1-3-14(2)12(23)21(13(24)18-14)19-11(22)6-15-9-4-5-10-16-8-17-20(10)7-9/h8-9,15H,3-7H2,1-2H3,(H,18,24)(H,19,22)/t9-,14-/m1/s1. The average molecular weight is 335 g/mol. The van der Waals surface area contributed by atoms with E-state index in [0.29, 0.717) is 13.0 Å². The third-order valence-electron chi connectivity index (χ3n) is 4.56. The average Bonchev–Trinajstić information content (AvgIpc) is 3.11. The van der Waals surface area contributed by atoms with Gasteiger partial charge in [-0.25, -0.2) is 14.5 Å². The molecule has 1 aromatic rings. The first-order chi connectivity index (χ1) is 11.4. The molecular weight excluding hydrogens is 314 g/mol. The number of aryl methyl sites for hydroxylation is 1. The summed E-state index contributed by atoms with van der Waals surface area (Å²) in [6.45, 7) is 4.08. The minimum Gasteiger partial charge on any atom is -0.322 e. The fourth-order valence-corrected chi connectivity index (χ4v) is 2.83. The molecule has 130 valence electrons. The zero-order valence-electron chi connectivity index (χ0n) is 13.7. The molecule has 3 rings (SSSR count). The van der Waals surface area contributed by atoms with Crippen LogP contribution < -0.4 is 16.1 Å². The molecule has 0 unspecified atom stereocenters. The maximum Gasteiger partial charge on any atom is 0.344 e. The summed E-state index contributed by atoms with van der Waals surface area (Å²) in [5.74, 6) is 0.0483. The summed E-state index contributed by atoms with van der Waals surface area (Å²) in [7, 11) is 0. The second kappa shape index (κ2) is 6.19. The van der Waals surface area contributed by atoms with Crippen LogP contribution in [0, 0.1) is 0 Å². The van der Waals surface area contributed by atoms with Gasteiger partial charge in [0.1, 0.15) is 17.7 Å². The minimum atomic E-state index is -0.968. The summed E-state index contributed by atoms with van der Waals surface area (Å²) in [5, 5.41) is 10.6. The van der Waals surface area contributed by atoms with Crippen molar-refractivity contribution in [3.05, 3.63) is 12.2 Å². The molecule has 10 nitrogen and oxygen atoms in total. The molecule has 3 heterocycles. The summed E-state index contributed by atoms with van der Waals surface area (Å²) in [4.78, 5) is 40.3. The van der Waals surface area contributed by atoms with Crippen LogP contribution in [0.4, 0.5) is 4.79 Å². The highest BCUT2D eigenvalue weighted by Crippen LogP contribution is 2.19. The zero-order chi connectivity index (χ0) is 17.3. The number of aromatic nitrogens is 3. The number of hydrazine groups is 1. The predicted octanol–water partition coefficient (Wildman–Crippen LogP) is -1.07. The van der Waals surface area contributed by atoms with Crippen LogP contribution in [0.1, 0.15) is 32.5 Å². The number of rotatable bonds is 5. The third kappa shape index (κ3) is 2.96. The quantitative estimate of drug-likeness (QED) is 0.590. The Bertz CT molecular complexity index is 673. The Balaban J connectivity index is 1.50. The Kier molecular flexibility index (Phi) is 4.22. The molecule has 2 aliphatic rings. The van der Waals surface area contributed by atoms with Gasteiger partial charge in [-0.1, -0.05) is 6.92 Å². The van der Waals surface area contributed by atoms with Crippen LogP contribution in [0.5, 0.6) is 0 Å². The number of hydrogen-bond donors (Lipinski definition) is 3. The first-order valence-corrected chi connectivity index (χ1v) is 7.99. The molecule has 2 atom stereocenters. The molecular formula is C14H21N7O3. The fraction of sp³-hybridized carbons (Fsp3) is 0.643. The largest absolute Gasteiger partial charge is 0.344 e. The summed E-state index contributed by atoms with van der Waals surface area (Å²) in [5.41, 5.74) is 1.39. The number of amides is 4. The summed E-state index contributed by atoms with van der Waals surface area (Å²) in [6.07, 6.45) is 3.61. The van der Waals surface area contributed by atoms with Gasteiger partial charge in [0.25, 0.3) is 11.8 Å². The van der Waals surface area contributed by atoms with Crippen molar-refractivity contribution >= 4 is 17.8 Å². The van der Waals surface area contributed by atoms with E-state index >= 15 is 0 Å². The Hall–Kier alpha value is -2.49. The number of carbonyl (C=O) groups excluding carboxylic acids is 3. The fourth-order valence-electron chi connectivity index (χ4n) is 2.83. The van der Waals surface area contributed by atoms with Gasteiger partial charge in [-0.2, -0.15) is 10.1 Å². The second-order valence-electron chi connectivity index (χ2n) is 6.27. The van der Waals surface area contributed by atoms with Gasteiger partial charge in [0.15, 0.2) is 0 Å². The number of fused-ring (bicyclic) bond motifs is 1. The monoisotopic (exact) mass is 335 g/mol. The Morgan fingerprint density at radius 1 is 1.50 bits per heavy atom. The highest BCUT2D eigenvalue weighted by Gasteiger charge is 2.47. The molecule has 1 fully saturated rings. The Labute approximate surface area is 138 Å². The van der Waals surface area contributed by atoms with E-state index in [9.17, 15) is 14.4 Å². The molecule has 24 heavy (non-hydrogen) atoms. The van der Waals surface area contributed by atoms with Crippen molar-refractivity contribution in [3.63, 3.8) is 0 Å². The van der Waals surface area contributed by atoms with E-state index in [2.05, 4.69) is 26.1 Å². The third-order valence-corrected chi connectivity index (χ3v) is 4.56. The van der Waals surface area contributed by atoms with Crippen molar-refractivity contribution in [1.82, 2.24) is 35.8 Å². The van der Waals surface area contributed by atoms with Crippen LogP contribution in [0.2, 0.25) is 0 Å². The second-order valence-corrected chi connectivity index (χ2v) is 6.27. The lowest BCUT2D eigenvalue weighted by Crippen LogP contribution is -2.52. The molecule has 0 aromatic carbocycles. The van der Waals surface area contributed by atoms with E-state index in [-0.39, 0.29) is 12.6 Å². The Morgan fingerprint density at radius 2 is 2.29 bits per heavy atom. The smallest absolute Gasteiger partial charge is 0.322 e. The molecule has 2 aliphatic heterocycles. The van der Waals surface area contributed by atoms with E-state index in [4.69, 9.17) is 0 Å². The summed E-state index contributed by atoms with van der Waals surface area (Å²) >= 11 is 0. The number of nitrogens with zero attached hydrogens (tertiary/aromatic N) is 4. The number of imide groups is 1. The number of hydrogen-bond acceptors (Lipinski definition) is 6. The van der Waals surface area contributed by atoms with Crippen molar-refractivity contribution in [3.8, 4) is 0 Å². The van der Waals surface area contributed by atoms with Crippen molar-refractivity contribution in [1.29, 1.82) is 0 Å². The maximum absolute atomic E-state index is 12.2. The van der Waals surface area contributed by atoms with E-state index < -0.39 is 23.4 Å². The zero-order valence-corrected chi connectivity index (χ0v) is 13.7. The van der Waals surface area contributed by atoms with Crippen LogP contribution in [0.3, 0.4) is 0 Å². The SMILES string of the molecule is CC[C@@]1(C)NC(=O)N(NC(=O)CN[C@@H]2CCc3ncnn3C2)C1=O. The molecule has 10 heteroatoms. The van der Waals surface area contributed by atoms with Gasteiger partial charge in [-0.15, -0.1) is 0 Å². The van der Waals surface area contributed by atoms with Gasteiger partial charge in [-0.3, -0.25) is 15.0 Å². The normalized spacial score (nSPS) is 26.2. The lowest BCUT2D eigenvalue weighted by Gasteiger charge is -2.24. The molecule has 1 aromatic heterocycles.